The van der Waals surface area contributed by atoms with Gasteiger partial charge in [0.25, 0.3) is 5.91 Å². The summed E-state index contributed by atoms with van der Waals surface area (Å²) < 4.78 is 7.29. The van der Waals surface area contributed by atoms with E-state index in [1.807, 2.05) is 0 Å². The highest BCUT2D eigenvalue weighted by molar-refractivity contribution is 6.30. The van der Waals surface area contributed by atoms with Gasteiger partial charge in [-0.15, -0.1) is 0 Å². The number of nitrogens with two attached hydrogens (primary N) is 2. The smallest absolute Gasteiger partial charge is 0.254 e. The van der Waals surface area contributed by atoms with Crippen molar-refractivity contribution in [1.29, 1.82) is 0 Å². The lowest BCUT2D eigenvalue weighted by Crippen LogP contribution is -2.40. The quantitative estimate of drug-likeness (QED) is 0.425. The Balaban J connectivity index is 1.59. The van der Waals surface area contributed by atoms with Crippen LogP contribution in [0.2, 0.25) is 5.02 Å². The van der Waals surface area contributed by atoms with Gasteiger partial charge in [-0.3, -0.25) is 9.59 Å². The molecule has 1 aliphatic rings. The molecule has 5 N–H and O–H groups in total. The van der Waals surface area contributed by atoms with Gasteiger partial charge < -0.3 is 26.2 Å². The number of hydrogen-bond acceptors (Lipinski definition) is 7. The molecule has 2 amide bonds. The van der Waals surface area contributed by atoms with Crippen LogP contribution in [0, 0.1) is 0 Å². The van der Waals surface area contributed by atoms with Crippen molar-refractivity contribution in [2.24, 2.45) is 5.73 Å². The van der Waals surface area contributed by atoms with Gasteiger partial charge in [0.15, 0.2) is 0 Å². The fourth-order valence-corrected chi connectivity index (χ4v) is 4.12. The second-order valence-electron chi connectivity index (χ2n) is 8.02. The van der Waals surface area contributed by atoms with Crippen LogP contribution >= 0.6 is 11.6 Å². The number of primary amides is 1. The third-order valence-electron chi connectivity index (χ3n) is 5.66. The van der Waals surface area contributed by atoms with Gasteiger partial charge >= 0.3 is 0 Å². The number of ether oxygens (including phenoxy) is 1. The van der Waals surface area contributed by atoms with Crippen molar-refractivity contribution >= 4 is 29.2 Å². The number of amides is 2. The van der Waals surface area contributed by atoms with Crippen molar-refractivity contribution < 1.29 is 19.4 Å². The predicted molar refractivity (Wildman–Crippen MR) is 131 cm³/mol. The van der Waals surface area contributed by atoms with E-state index in [4.69, 9.17) is 32.9 Å². The molecule has 0 radical (unpaired) electrons. The highest BCUT2D eigenvalue weighted by Crippen LogP contribution is 2.33. The molecule has 10 nitrogen and oxygen atoms in total. The molecule has 35 heavy (non-hydrogen) atoms. The molecular weight excluding hydrogens is 472 g/mol. The number of aliphatic hydroxyl groups is 1. The number of anilines is 1. The molecule has 3 aromatic rings. The van der Waals surface area contributed by atoms with E-state index in [9.17, 15) is 9.59 Å². The molecule has 1 unspecified atom stereocenters. The van der Waals surface area contributed by atoms with Gasteiger partial charge in [0.05, 0.1) is 17.7 Å². The van der Waals surface area contributed by atoms with Gasteiger partial charge in [0, 0.05) is 37.0 Å². The van der Waals surface area contributed by atoms with Crippen LogP contribution in [0.1, 0.15) is 29.2 Å². The van der Waals surface area contributed by atoms with Crippen molar-refractivity contribution in [3.05, 3.63) is 65.3 Å². The summed E-state index contributed by atoms with van der Waals surface area (Å²) in [6, 6.07) is 10.1. The van der Waals surface area contributed by atoms with Gasteiger partial charge in [-0.2, -0.15) is 5.10 Å². The molecule has 182 valence electrons. The summed E-state index contributed by atoms with van der Waals surface area (Å²) in [6.45, 7) is 0.755. The number of nitrogen functional groups attached to an aromatic ring is 1. The molecule has 0 saturated carbocycles. The second-order valence-corrected chi connectivity index (χ2v) is 8.46. The first-order valence-electron chi connectivity index (χ1n) is 11.0. The Kier molecular flexibility index (Phi) is 7.33. The van der Waals surface area contributed by atoms with Gasteiger partial charge in [0.1, 0.15) is 22.8 Å². The first kappa shape index (κ1) is 24.2. The number of nitrogens with zero attached hydrogens (tertiary/aromatic N) is 4. The van der Waals surface area contributed by atoms with Crippen LogP contribution in [0.25, 0.3) is 11.3 Å². The monoisotopic (exact) mass is 496 g/mol. The number of likely N-dealkylation sites (tertiary alicyclic amines) is 1. The molecule has 0 spiro atoms. The molecule has 3 heterocycles. The minimum atomic E-state index is -0.691. The lowest BCUT2D eigenvalue weighted by Gasteiger charge is -2.32. The normalized spacial score (nSPS) is 15.9. The first-order valence-corrected chi connectivity index (χ1v) is 11.4. The summed E-state index contributed by atoms with van der Waals surface area (Å²) in [5.74, 6) is 0.191. The Morgan fingerprint density at radius 2 is 2.00 bits per heavy atom. The zero-order valence-electron chi connectivity index (χ0n) is 18.8. The molecule has 2 aromatic heterocycles. The third-order valence-corrected chi connectivity index (χ3v) is 5.89. The Labute approximate surface area is 206 Å². The number of aliphatic hydroxyl groups excluding tert-OH is 1. The Morgan fingerprint density at radius 1 is 1.23 bits per heavy atom. The number of piperidine rings is 1. The van der Waals surface area contributed by atoms with E-state index < -0.39 is 5.91 Å². The largest absolute Gasteiger partial charge is 0.439 e. The van der Waals surface area contributed by atoms with E-state index in [-0.39, 0.29) is 29.9 Å². The van der Waals surface area contributed by atoms with E-state index in [2.05, 4.69) is 10.1 Å². The van der Waals surface area contributed by atoms with E-state index in [0.717, 1.165) is 12.8 Å². The summed E-state index contributed by atoms with van der Waals surface area (Å²) in [5.41, 5.74) is 13.1. The standard InChI is InChI=1S/C24H25ClN6O4/c25-16-7-10-19(28-13-16)35-18-8-5-15(6-9-18)22-21(24(27)34)23(26)31(29-22)17-3-1-11-30(14-17)20(33)4-2-12-32/h2,4-10,13,17,32H,1,3,11-12,14,26H2,(H2,27,34). The van der Waals surface area contributed by atoms with Gasteiger partial charge in [-0.25, -0.2) is 9.67 Å². The van der Waals surface area contributed by atoms with E-state index in [0.29, 0.717) is 41.0 Å². The lowest BCUT2D eigenvalue weighted by molar-refractivity contribution is -0.127. The molecule has 1 saturated heterocycles. The first-order chi connectivity index (χ1) is 16.9. The average Bonchev–Trinajstić information content (AvgIpc) is 3.21. The summed E-state index contributed by atoms with van der Waals surface area (Å²) >= 11 is 5.85. The summed E-state index contributed by atoms with van der Waals surface area (Å²) in [5, 5.41) is 14.1. The SMILES string of the molecule is NC(=O)c1c(-c2ccc(Oc3ccc(Cl)cn3)cc2)nn(C2CCCN(C(=O)C=CCO)C2)c1N. The Bertz CT molecular complexity index is 1240. The topological polar surface area (TPSA) is 150 Å². The van der Waals surface area contributed by atoms with E-state index in [1.165, 1.54) is 18.3 Å². The average molecular weight is 497 g/mol. The van der Waals surface area contributed by atoms with Crippen LogP contribution in [0.15, 0.2) is 54.7 Å². The highest BCUT2D eigenvalue weighted by Gasteiger charge is 2.29. The maximum Gasteiger partial charge on any atom is 0.254 e. The summed E-state index contributed by atoms with van der Waals surface area (Å²) in [4.78, 5) is 30.4. The van der Waals surface area contributed by atoms with Crippen LogP contribution < -0.4 is 16.2 Å². The fraction of sp³-hybridized carbons (Fsp3) is 0.250. The molecule has 1 aromatic carbocycles. The van der Waals surface area contributed by atoms with Gasteiger partial charge in [0.2, 0.25) is 11.8 Å². The number of hydrogen-bond donors (Lipinski definition) is 3. The number of aromatic nitrogens is 3. The van der Waals surface area contributed by atoms with Crippen LogP contribution in [0.3, 0.4) is 0 Å². The minimum absolute atomic E-state index is 0.127. The number of pyridine rings is 1. The Hall–Kier alpha value is -3.89. The van der Waals surface area contributed by atoms with Crippen molar-refractivity contribution in [3.63, 3.8) is 0 Å². The van der Waals surface area contributed by atoms with Crippen LogP contribution in [0.4, 0.5) is 5.82 Å². The number of rotatable bonds is 7. The molecular formula is C24H25ClN6O4. The zero-order valence-corrected chi connectivity index (χ0v) is 19.6. The van der Waals surface area contributed by atoms with E-state index in [1.54, 1.807) is 46.0 Å². The molecule has 1 atom stereocenters. The molecule has 4 rings (SSSR count). The highest BCUT2D eigenvalue weighted by atomic mass is 35.5. The maximum absolute atomic E-state index is 12.4. The van der Waals surface area contributed by atoms with E-state index >= 15 is 0 Å². The second kappa shape index (κ2) is 10.6. The van der Waals surface area contributed by atoms with Crippen molar-refractivity contribution in [3.8, 4) is 22.9 Å². The number of benzene rings is 1. The van der Waals surface area contributed by atoms with Gasteiger partial charge in [-0.1, -0.05) is 17.7 Å². The fourth-order valence-electron chi connectivity index (χ4n) is 4.01. The molecule has 0 aliphatic carbocycles. The molecule has 0 bridgehead atoms. The minimum Gasteiger partial charge on any atom is -0.439 e. The van der Waals surface area contributed by atoms with Crippen LogP contribution in [-0.2, 0) is 4.79 Å². The molecule has 1 fully saturated rings. The van der Waals surface area contributed by atoms with Crippen LogP contribution in [-0.4, -0.2) is 56.3 Å². The van der Waals surface area contributed by atoms with Gasteiger partial charge in [-0.05, 0) is 43.2 Å². The Morgan fingerprint density at radius 3 is 2.66 bits per heavy atom. The predicted octanol–water partition coefficient (Wildman–Crippen LogP) is 2.78. The van der Waals surface area contributed by atoms with Crippen LogP contribution in [0.5, 0.6) is 11.6 Å². The zero-order chi connectivity index (χ0) is 24.9. The van der Waals surface area contributed by atoms with Crippen molar-refractivity contribution in [1.82, 2.24) is 19.7 Å². The van der Waals surface area contributed by atoms with Crippen molar-refractivity contribution in [2.45, 2.75) is 18.9 Å². The third kappa shape index (κ3) is 5.44. The lowest BCUT2D eigenvalue weighted by atomic mass is 10.1. The van der Waals surface area contributed by atoms with Crippen molar-refractivity contribution in [2.75, 3.05) is 25.4 Å². The summed E-state index contributed by atoms with van der Waals surface area (Å²) in [6.07, 6.45) is 5.71. The number of carbonyl (C=O) groups is 2. The molecule has 1 aliphatic heterocycles. The number of carbonyl (C=O) groups excluding carboxylic acids is 2. The number of halogens is 1. The summed E-state index contributed by atoms with van der Waals surface area (Å²) in [7, 11) is 0. The maximum atomic E-state index is 12.4. The molecule has 11 heteroatoms.